The molecule has 0 fully saturated rings. The maximum absolute atomic E-state index is 9.91. The first kappa shape index (κ1) is 9.54. The van der Waals surface area contributed by atoms with Gasteiger partial charge in [-0.1, -0.05) is 0 Å². The SMILES string of the molecule is C[C@@H](CC(=O)O)OS(=O)[O-]. The van der Waals surface area contributed by atoms with E-state index in [4.69, 9.17) is 5.11 Å². The van der Waals surface area contributed by atoms with Crippen LogP contribution in [0.1, 0.15) is 13.3 Å². The van der Waals surface area contributed by atoms with E-state index in [2.05, 4.69) is 4.18 Å². The number of hydrogen-bond donors (Lipinski definition) is 1. The van der Waals surface area contributed by atoms with Crippen molar-refractivity contribution in [2.75, 3.05) is 0 Å². The molecule has 0 spiro atoms. The van der Waals surface area contributed by atoms with Gasteiger partial charge in [-0.2, -0.15) is 0 Å². The van der Waals surface area contributed by atoms with Gasteiger partial charge in [-0.15, -0.1) is 0 Å². The quantitative estimate of drug-likeness (QED) is 0.579. The van der Waals surface area contributed by atoms with Crippen molar-refractivity contribution in [1.82, 2.24) is 0 Å². The molecule has 1 unspecified atom stereocenters. The summed E-state index contributed by atoms with van der Waals surface area (Å²) in [5.74, 6) is -1.09. The highest BCUT2D eigenvalue weighted by atomic mass is 32.2. The Morgan fingerprint density at radius 1 is 1.90 bits per heavy atom. The van der Waals surface area contributed by atoms with Gasteiger partial charge in [0.2, 0.25) is 0 Å². The van der Waals surface area contributed by atoms with Crippen molar-refractivity contribution in [3.05, 3.63) is 0 Å². The molecule has 60 valence electrons. The van der Waals surface area contributed by atoms with Crippen LogP contribution in [0.25, 0.3) is 0 Å². The maximum Gasteiger partial charge on any atom is 0.306 e. The van der Waals surface area contributed by atoms with E-state index in [1.165, 1.54) is 6.92 Å². The highest BCUT2D eigenvalue weighted by Gasteiger charge is 2.07. The van der Waals surface area contributed by atoms with Crippen LogP contribution >= 0.6 is 0 Å². The molecule has 0 aromatic heterocycles. The fourth-order valence-corrected chi connectivity index (χ4v) is 0.750. The molecule has 0 aliphatic rings. The summed E-state index contributed by atoms with van der Waals surface area (Å²) in [5.41, 5.74) is 0. The molecule has 0 amide bonds. The number of carboxylic acid groups (broad SMARTS) is 1. The minimum atomic E-state index is -2.63. The Bertz CT molecular complexity index is 129. The summed E-state index contributed by atoms with van der Waals surface area (Å²) >= 11 is -2.63. The number of hydrogen-bond acceptors (Lipinski definition) is 4. The molecule has 0 bridgehead atoms. The summed E-state index contributed by atoms with van der Waals surface area (Å²) in [4.78, 5) is 9.91. The lowest BCUT2D eigenvalue weighted by atomic mass is 10.3. The Morgan fingerprint density at radius 3 is 2.70 bits per heavy atom. The Morgan fingerprint density at radius 2 is 2.40 bits per heavy atom. The van der Waals surface area contributed by atoms with Gasteiger partial charge in [0.15, 0.2) is 0 Å². The van der Waals surface area contributed by atoms with Crippen LogP contribution in [0.4, 0.5) is 0 Å². The zero-order valence-corrected chi connectivity index (χ0v) is 6.09. The van der Waals surface area contributed by atoms with E-state index in [1.54, 1.807) is 0 Å². The number of carbonyl (C=O) groups is 1. The molecule has 10 heavy (non-hydrogen) atoms. The molecule has 1 N–H and O–H groups in total. The fourth-order valence-electron chi connectivity index (χ4n) is 0.414. The van der Waals surface area contributed by atoms with Crippen LogP contribution in [0.2, 0.25) is 0 Å². The molecule has 0 aromatic rings. The van der Waals surface area contributed by atoms with E-state index in [1.807, 2.05) is 0 Å². The highest BCUT2D eigenvalue weighted by molar-refractivity contribution is 7.74. The van der Waals surface area contributed by atoms with Crippen LogP contribution in [0, 0.1) is 0 Å². The van der Waals surface area contributed by atoms with Crippen LogP contribution in [-0.2, 0) is 20.3 Å². The highest BCUT2D eigenvalue weighted by Crippen LogP contribution is 1.97. The number of rotatable bonds is 4. The molecule has 0 aromatic carbocycles. The standard InChI is InChI=1S/C4H8O5S/c1-3(2-4(5)6)9-10(7)8/h3H,2H2,1H3,(H,5,6)(H,7,8)/p-1/t3-/m0/s1. The molecular weight excluding hydrogens is 160 g/mol. The van der Waals surface area contributed by atoms with Gasteiger partial charge in [0.1, 0.15) is 0 Å². The van der Waals surface area contributed by atoms with Gasteiger partial charge >= 0.3 is 5.97 Å². The van der Waals surface area contributed by atoms with Gasteiger partial charge in [0.25, 0.3) is 0 Å². The zero-order chi connectivity index (χ0) is 8.15. The van der Waals surface area contributed by atoms with Crippen molar-refractivity contribution in [1.29, 1.82) is 0 Å². The molecule has 0 rings (SSSR count). The Labute approximate surface area is 60.5 Å². The number of carboxylic acids is 1. The molecule has 0 aliphatic carbocycles. The maximum atomic E-state index is 9.91. The normalized spacial score (nSPS) is 16.2. The summed E-state index contributed by atoms with van der Waals surface area (Å²) in [6, 6.07) is 0. The molecule has 2 atom stereocenters. The Balaban J connectivity index is 3.53. The number of aliphatic carboxylic acids is 1. The van der Waals surface area contributed by atoms with Crippen LogP contribution in [0.3, 0.4) is 0 Å². The summed E-state index contributed by atoms with van der Waals surface area (Å²) in [6.45, 7) is 1.36. The third-order valence-corrected chi connectivity index (χ3v) is 1.19. The van der Waals surface area contributed by atoms with Gasteiger partial charge < -0.3 is 9.66 Å². The fraction of sp³-hybridized carbons (Fsp3) is 0.750. The van der Waals surface area contributed by atoms with E-state index in [-0.39, 0.29) is 6.42 Å². The van der Waals surface area contributed by atoms with E-state index < -0.39 is 23.4 Å². The largest absolute Gasteiger partial charge is 0.750 e. The van der Waals surface area contributed by atoms with Crippen molar-refractivity contribution in [3.8, 4) is 0 Å². The molecule has 0 saturated carbocycles. The molecule has 0 heterocycles. The van der Waals surface area contributed by atoms with Gasteiger partial charge in [-0.3, -0.25) is 8.98 Å². The second-order valence-corrected chi connectivity index (χ2v) is 2.31. The van der Waals surface area contributed by atoms with Crippen LogP contribution in [0.15, 0.2) is 0 Å². The average Bonchev–Trinajstić information content (AvgIpc) is 1.58. The van der Waals surface area contributed by atoms with Crippen molar-refractivity contribution >= 4 is 17.3 Å². The van der Waals surface area contributed by atoms with Crippen LogP contribution < -0.4 is 0 Å². The summed E-state index contributed by atoms with van der Waals surface area (Å²) in [7, 11) is 0. The first-order valence-electron chi connectivity index (χ1n) is 2.50. The molecule has 0 saturated heterocycles. The van der Waals surface area contributed by atoms with Crippen molar-refractivity contribution in [3.63, 3.8) is 0 Å². The first-order valence-corrected chi connectivity index (χ1v) is 3.50. The first-order chi connectivity index (χ1) is 4.52. The van der Waals surface area contributed by atoms with Crippen molar-refractivity contribution in [2.45, 2.75) is 19.4 Å². The molecular formula is C4H7O5S-. The van der Waals surface area contributed by atoms with Crippen molar-refractivity contribution in [2.24, 2.45) is 0 Å². The average molecular weight is 167 g/mol. The van der Waals surface area contributed by atoms with E-state index >= 15 is 0 Å². The van der Waals surface area contributed by atoms with Gasteiger partial charge in [0.05, 0.1) is 23.9 Å². The lowest BCUT2D eigenvalue weighted by molar-refractivity contribution is -0.138. The topological polar surface area (TPSA) is 86.7 Å². The minimum Gasteiger partial charge on any atom is -0.750 e. The Hall–Kier alpha value is -0.460. The molecule has 5 nitrogen and oxygen atoms in total. The second kappa shape index (κ2) is 4.37. The molecule has 0 radical (unpaired) electrons. The monoisotopic (exact) mass is 167 g/mol. The van der Waals surface area contributed by atoms with Crippen LogP contribution in [0.5, 0.6) is 0 Å². The summed E-state index contributed by atoms with van der Waals surface area (Å²) in [5, 5.41) is 8.12. The molecule has 0 aliphatic heterocycles. The molecule has 6 heteroatoms. The smallest absolute Gasteiger partial charge is 0.306 e. The van der Waals surface area contributed by atoms with Gasteiger partial charge in [-0.25, -0.2) is 4.21 Å². The minimum absolute atomic E-state index is 0.312. The van der Waals surface area contributed by atoms with Gasteiger partial charge in [0, 0.05) is 0 Å². The van der Waals surface area contributed by atoms with Gasteiger partial charge in [-0.05, 0) is 6.92 Å². The zero-order valence-electron chi connectivity index (χ0n) is 5.27. The van der Waals surface area contributed by atoms with Crippen LogP contribution in [-0.4, -0.2) is 25.9 Å². The lowest BCUT2D eigenvalue weighted by Gasteiger charge is -2.10. The summed E-state index contributed by atoms with van der Waals surface area (Å²) < 4.78 is 23.6. The summed E-state index contributed by atoms with van der Waals surface area (Å²) in [6.07, 6.45) is -1.11. The predicted molar refractivity (Wildman–Crippen MR) is 31.7 cm³/mol. The van der Waals surface area contributed by atoms with E-state index in [9.17, 15) is 13.6 Å². The third-order valence-electron chi connectivity index (χ3n) is 0.705. The Kier molecular flexibility index (Phi) is 4.17. The van der Waals surface area contributed by atoms with E-state index in [0.29, 0.717) is 0 Å². The van der Waals surface area contributed by atoms with Crippen molar-refractivity contribution < 1.29 is 22.8 Å². The lowest BCUT2D eigenvalue weighted by Crippen LogP contribution is -2.14. The predicted octanol–water partition coefficient (Wildman–Crippen LogP) is -0.340. The third kappa shape index (κ3) is 5.67. The van der Waals surface area contributed by atoms with E-state index in [0.717, 1.165) is 0 Å². The second-order valence-electron chi connectivity index (χ2n) is 1.71.